The summed E-state index contributed by atoms with van der Waals surface area (Å²) < 4.78 is 27.8. The first-order valence-corrected chi connectivity index (χ1v) is 9.52. The maximum absolute atomic E-state index is 13.1. The first kappa shape index (κ1) is 17.6. The van der Waals surface area contributed by atoms with Crippen molar-refractivity contribution in [2.24, 2.45) is 17.6 Å². The molecule has 2 aliphatic rings. The van der Waals surface area contributed by atoms with E-state index in [9.17, 15) is 8.42 Å². The summed E-state index contributed by atoms with van der Waals surface area (Å²) in [7, 11) is -3.53. The van der Waals surface area contributed by atoms with Crippen molar-refractivity contribution >= 4 is 33.3 Å². The third kappa shape index (κ3) is 2.71. The second kappa shape index (κ2) is 6.26. The average molecular weight is 368 g/mol. The first-order valence-electron chi connectivity index (χ1n) is 8.08. The van der Waals surface area contributed by atoms with Crippen LogP contribution < -0.4 is 5.73 Å². The summed E-state index contributed by atoms with van der Waals surface area (Å²) in [6, 6.07) is 7.46. The van der Waals surface area contributed by atoms with Gasteiger partial charge in [0.1, 0.15) is 4.90 Å². The Balaban J connectivity index is 0.00000169. The Labute approximate surface area is 148 Å². The smallest absolute Gasteiger partial charge is 0.245 e. The summed E-state index contributed by atoms with van der Waals surface area (Å²) in [5.41, 5.74) is 7.71. The van der Waals surface area contributed by atoms with E-state index in [1.807, 2.05) is 19.1 Å². The molecule has 2 fully saturated rings. The van der Waals surface area contributed by atoms with Crippen molar-refractivity contribution in [2.45, 2.75) is 30.7 Å². The number of rotatable bonds is 2. The van der Waals surface area contributed by atoms with Crippen molar-refractivity contribution in [3.8, 4) is 0 Å². The van der Waals surface area contributed by atoms with E-state index >= 15 is 0 Å². The summed E-state index contributed by atoms with van der Waals surface area (Å²) in [5.74, 6) is 0.708. The molecule has 4 rings (SSSR count). The van der Waals surface area contributed by atoms with E-state index in [1.54, 1.807) is 22.6 Å². The molecule has 2 N–H and O–H groups in total. The summed E-state index contributed by atoms with van der Waals surface area (Å²) in [5, 5.41) is 0.863. The minimum absolute atomic E-state index is 0. The molecule has 3 unspecified atom stereocenters. The van der Waals surface area contributed by atoms with Crippen molar-refractivity contribution in [1.29, 1.82) is 0 Å². The SMILES string of the molecule is Cc1cnc2c(S(=O)(=O)N3CC4CCC(N)C4C3)cccc2c1.Cl. The Hall–Kier alpha value is -1.21. The van der Waals surface area contributed by atoms with Crippen LogP contribution in [0.1, 0.15) is 18.4 Å². The number of sulfonamides is 1. The minimum Gasteiger partial charge on any atom is -0.327 e. The lowest BCUT2D eigenvalue weighted by Crippen LogP contribution is -2.33. The number of nitrogens with two attached hydrogens (primary N) is 1. The van der Waals surface area contributed by atoms with E-state index in [4.69, 9.17) is 5.73 Å². The van der Waals surface area contributed by atoms with Crippen LogP contribution in [0.15, 0.2) is 35.4 Å². The molecule has 1 saturated heterocycles. The van der Waals surface area contributed by atoms with E-state index in [0.29, 0.717) is 35.3 Å². The molecule has 1 saturated carbocycles. The van der Waals surface area contributed by atoms with Gasteiger partial charge in [0.25, 0.3) is 0 Å². The lowest BCUT2D eigenvalue weighted by molar-refractivity contribution is 0.427. The highest BCUT2D eigenvalue weighted by molar-refractivity contribution is 7.89. The van der Waals surface area contributed by atoms with Crippen LogP contribution in [0.2, 0.25) is 0 Å². The van der Waals surface area contributed by atoms with Crippen LogP contribution in [-0.4, -0.2) is 36.8 Å². The third-order valence-corrected chi connectivity index (χ3v) is 7.17. The minimum atomic E-state index is -3.53. The fourth-order valence-corrected chi connectivity index (χ4v) is 5.75. The van der Waals surface area contributed by atoms with Crippen molar-refractivity contribution in [1.82, 2.24) is 9.29 Å². The van der Waals surface area contributed by atoms with Crippen molar-refractivity contribution in [3.05, 3.63) is 36.0 Å². The van der Waals surface area contributed by atoms with Gasteiger partial charge in [0.2, 0.25) is 10.0 Å². The van der Waals surface area contributed by atoms with E-state index in [-0.39, 0.29) is 18.4 Å². The van der Waals surface area contributed by atoms with Gasteiger partial charge in [-0.1, -0.05) is 12.1 Å². The number of aromatic nitrogens is 1. The standard InChI is InChI=1S/C17H21N3O2S.ClH/c1-11-7-12-3-2-4-16(17(12)19-8-11)23(21,22)20-9-13-5-6-15(18)14(13)10-20;/h2-4,7-8,13-15H,5-6,9-10,18H2,1H3;1H. The molecule has 7 heteroatoms. The highest BCUT2D eigenvalue weighted by Gasteiger charge is 2.45. The lowest BCUT2D eigenvalue weighted by atomic mass is 9.98. The zero-order valence-corrected chi connectivity index (χ0v) is 15.2. The Morgan fingerprint density at radius 1 is 1.25 bits per heavy atom. The molecule has 0 bridgehead atoms. The molecule has 1 aromatic carbocycles. The van der Waals surface area contributed by atoms with Crippen molar-refractivity contribution < 1.29 is 8.42 Å². The third-order valence-electron chi connectivity index (χ3n) is 5.31. The van der Waals surface area contributed by atoms with Crippen LogP contribution in [0.25, 0.3) is 10.9 Å². The Morgan fingerprint density at radius 3 is 2.79 bits per heavy atom. The van der Waals surface area contributed by atoms with Gasteiger partial charge in [-0.25, -0.2) is 8.42 Å². The monoisotopic (exact) mass is 367 g/mol. The summed E-state index contributed by atoms with van der Waals surface area (Å²) in [6.07, 6.45) is 3.76. The van der Waals surface area contributed by atoms with Gasteiger partial charge in [-0.2, -0.15) is 4.31 Å². The molecule has 24 heavy (non-hydrogen) atoms. The van der Waals surface area contributed by atoms with Crippen molar-refractivity contribution in [2.75, 3.05) is 13.1 Å². The van der Waals surface area contributed by atoms with Gasteiger partial charge in [-0.05, 0) is 49.3 Å². The van der Waals surface area contributed by atoms with Gasteiger partial charge in [0.05, 0.1) is 5.52 Å². The zero-order chi connectivity index (χ0) is 16.2. The summed E-state index contributed by atoms with van der Waals surface area (Å²) in [6.45, 7) is 3.08. The maximum Gasteiger partial charge on any atom is 0.245 e. The second-order valence-electron chi connectivity index (χ2n) is 6.83. The molecule has 0 radical (unpaired) electrons. The molecule has 130 valence electrons. The summed E-state index contributed by atoms with van der Waals surface area (Å²) >= 11 is 0. The highest BCUT2D eigenvalue weighted by Crippen LogP contribution is 2.39. The number of fused-ring (bicyclic) bond motifs is 2. The molecule has 0 spiro atoms. The van der Waals surface area contributed by atoms with Gasteiger partial charge in [-0.15, -0.1) is 12.4 Å². The molecule has 3 atom stereocenters. The quantitative estimate of drug-likeness (QED) is 0.883. The Kier molecular flexibility index (Phi) is 4.59. The second-order valence-corrected chi connectivity index (χ2v) is 8.73. The number of para-hydroxylation sites is 1. The van der Waals surface area contributed by atoms with E-state index in [1.165, 1.54) is 0 Å². The fourth-order valence-electron chi connectivity index (χ4n) is 4.05. The number of halogens is 1. The molecule has 1 aliphatic heterocycles. The van der Waals surface area contributed by atoms with E-state index in [2.05, 4.69) is 4.98 Å². The van der Waals surface area contributed by atoms with Gasteiger partial charge in [-0.3, -0.25) is 4.98 Å². The Bertz CT molecular complexity index is 871. The summed E-state index contributed by atoms with van der Waals surface area (Å²) in [4.78, 5) is 4.68. The number of nitrogens with zero attached hydrogens (tertiary/aromatic N) is 2. The van der Waals surface area contributed by atoms with E-state index < -0.39 is 10.0 Å². The first-order chi connectivity index (χ1) is 11.0. The molecule has 1 aromatic heterocycles. The van der Waals surface area contributed by atoms with Crippen LogP contribution in [-0.2, 0) is 10.0 Å². The molecule has 1 aliphatic carbocycles. The van der Waals surface area contributed by atoms with Gasteiger partial charge in [0.15, 0.2) is 0 Å². The molecule has 2 heterocycles. The molecule has 2 aromatic rings. The van der Waals surface area contributed by atoms with Gasteiger partial charge < -0.3 is 5.73 Å². The topological polar surface area (TPSA) is 76.3 Å². The number of aryl methyl sites for hydroxylation is 1. The fraction of sp³-hybridized carbons (Fsp3) is 0.471. The number of pyridine rings is 1. The Morgan fingerprint density at radius 2 is 2.04 bits per heavy atom. The molecule has 0 amide bonds. The lowest BCUT2D eigenvalue weighted by Gasteiger charge is -2.19. The average Bonchev–Trinajstić information content (AvgIpc) is 3.09. The zero-order valence-electron chi connectivity index (χ0n) is 13.6. The largest absolute Gasteiger partial charge is 0.327 e. The van der Waals surface area contributed by atoms with Crippen molar-refractivity contribution in [3.63, 3.8) is 0 Å². The van der Waals surface area contributed by atoms with Gasteiger partial charge >= 0.3 is 0 Å². The molecular formula is C17H22ClN3O2S. The van der Waals surface area contributed by atoms with Gasteiger partial charge in [0, 0.05) is 30.7 Å². The highest BCUT2D eigenvalue weighted by atomic mass is 35.5. The van der Waals surface area contributed by atoms with E-state index in [0.717, 1.165) is 23.8 Å². The molecule has 5 nitrogen and oxygen atoms in total. The molecular weight excluding hydrogens is 346 g/mol. The number of benzene rings is 1. The number of hydrogen-bond donors (Lipinski definition) is 1. The number of hydrogen-bond acceptors (Lipinski definition) is 4. The van der Waals surface area contributed by atoms with Crippen LogP contribution >= 0.6 is 12.4 Å². The van der Waals surface area contributed by atoms with Crippen LogP contribution in [0.3, 0.4) is 0 Å². The van der Waals surface area contributed by atoms with Crippen LogP contribution in [0.5, 0.6) is 0 Å². The van der Waals surface area contributed by atoms with Crippen LogP contribution in [0, 0.1) is 18.8 Å². The predicted molar refractivity (Wildman–Crippen MR) is 96.7 cm³/mol. The maximum atomic E-state index is 13.1. The predicted octanol–water partition coefficient (Wildman–Crippen LogP) is 2.32. The van der Waals surface area contributed by atoms with Crippen LogP contribution in [0.4, 0.5) is 0 Å². The normalized spacial score (nSPS) is 27.2.